The normalized spacial score (nSPS) is 20.6. The van der Waals surface area contributed by atoms with Gasteiger partial charge in [-0.05, 0) is 43.2 Å². The third-order valence-electron chi connectivity index (χ3n) is 4.54. The Morgan fingerprint density at radius 2 is 1.84 bits per heavy atom. The van der Waals surface area contributed by atoms with Crippen LogP contribution < -0.4 is 5.73 Å². The Bertz CT molecular complexity index is 392. The summed E-state index contributed by atoms with van der Waals surface area (Å²) in [6.45, 7) is 8.31. The van der Waals surface area contributed by atoms with E-state index >= 15 is 0 Å². The number of hydrogen-bond acceptors (Lipinski definition) is 2. The molecule has 0 radical (unpaired) electrons. The number of hydrogen-bond donors (Lipinski definition) is 1. The molecule has 1 aliphatic heterocycles. The molecule has 1 aliphatic rings. The zero-order chi connectivity index (χ0) is 13.9. The monoisotopic (exact) mass is 261 g/mol. The molecular formula is C17H27NO. The van der Waals surface area contributed by atoms with Crippen LogP contribution in [-0.2, 0) is 10.2 Å². The summed E-state index contributed by atoms with van der Waals surface area (Å²) in [6, 6.07) is 9.44. The van der Waals surface area contributed by atoms with Crippen LogP contribution in [0.3, 0.4) is 0 Å². The second kappa shape index (κ2) is 6.06. The van der Waals surface area contributed by atoms with E-state index < -0.39 is 0 Å². The number of ether oxygens (including phenoxy) is 1. The molecule has 0 aromatic heterocycles. The number of benzene rings is 1. The van der Waals surface area contributed by atoms with Crippen LogP contribution in [0.15, 0.2) is 24.3 Å². The van der Waals surface area contributed by atoms with E-state index in [0.717, 1.165) is 26.1 Å². The fourth-order valence-electron chi connectivity index (χ4n) is 2.71. The van der Waals surface area contributed by atoms with Crippen LogP contribution in [0, 0.1) is 0 Å². The molecule has 2 rings (SSSR count). The maximum atomic E-state index is 5.90. The average Bonchev–Trinajstić information content (AvgIpc) is 2.37. The third kappa shape index (κ3) is 3.18. The van der Waals surface area contributed by atoms with Crippen molar-refractivity contribution in [3.8, 4) is 0 Å². The standard InChI is InChI=1S/C17H27NO/c1-4-13(2)15-5-7-16(8-6-15)17(11-19-12-17)10-9-14(3)18/h5-8,13-14H,4,9-12,18H2,1-3H3. The van der Waals surface area contributed by atoms with Crippen molar-refractivity contribution in [2.24, 2.45) is 5.73 Å². The van der Waals surface area contributed by atoms with Gasteiger partial charge in [0.15, 0.2) is 0 Å². The zero-order valence-electron chi connectivity index (χ0n) is 12.5. The highest BCUT2D eigenvalue weighted by Crippen LogP contribution is 2.37. The van der Waals surface area contributed by atoms with Crippen molar-refractivity contribution >= 4 is 0 Å². The van der Waals surface area contributed by atoms with E-state index in [1.807, 2.05) is 0 Å². The van der Waals surface area contributed by atoms with Gasteiger partial charge in [0, 0.05) is 11.5 Å². The number of rotatable bonds is 6. The maximum absolute atomic E-state index is 5.90. The lowest BCUT2D eigenvalue weighted by molar-refractivity contribution is -0.0656. The van der Waals surface area contributed by atoms with E-state index in [0.29, 0.717) is 5.92 Å². The summed E-state index contributed by atoms with van der Waals surface area (Å²) in [4.78, 5) is 0. The molecule has 1 saturated heterocycles. The first-order valence-electron chi connectivity index (χ1n) is 7.51. The van der Waals surface area contributed by atoms with Crippen molar-refractivity contribution in [3.05, 3.63) is 35.4 Å². The SMILES string of the molecule is CCC(C)c1ccc(C2(CCC(C)N)COC2)cc1. The number of nitrogens with two attached hydrogens (primary N) is 1. The molecule has 0 spiro atoms. The lowest BCUT2D eigenvalue weighted by Gasteiger charge is -2.42. The molecule has 2 N–H and O–H groups in total. The molecule has 1 heterocycles. The average molecular weight is 261 g/mol. The Morgan fingerprint density at radius 3 is 2.26 bits per heavy atom. The molecule has 0 bridgehead atoms. The predicted molar refractivity (Wildman–Crippen MR) is 80.5 cm³/mol. The van der Waals surface area contributed by atoms with Crippen LogP contribution in [0.2, 0.25) is 0 Å². The summed E-state index contributed by atoms with van der Waals surface area (Å²) in [6.07, 6.45) is 3.39. The van der Waals surface area contributed by atoms with Gasteiger partial charge in [-0.15, -0.1) is 0 Å². The van der Waals surface area contributed by atoms with Crippen LogP contribution in [0.25, 0.3) is 0 Å². The summed E-state index contributed by atoms with van der Waals surface area (Å²) in [5, 5.41) is 0. The Hall–Kier alpha value is -0.860. The minimum Gasteiger partial charge on any atom is -0.379 e. The van der Waals surface area contributed by atoms with Gasteiger partial charge in [-0.25, -0.2) is 0 Å². The molecule has 0 saturated carbocycles. The minimum absolute atomic E-state index is 0.224. The Labute approximate surface area is 117 Å². The first kappa shape index (κ1) is 14.5. The second-order valence-electron chi connectivity index (χ2n) is 6.22. The summed E-state index contributed by atoms with van der Waals surface area (Å²) in [5.74, 6) is 0.645. The largest absolute Gasteiger partial charge is 0.379 e. The van der Waals surface area contributed by atoms with Gasteiger partial charge in [0.25, 0.3) is 0 Å². The first-order valence-corrected chi connectivity index (χ1v) is 7.51. The lowest BCUT2D eigenvalue weighted by atomic mass is 9.74. The van der Waals surface area contributed by atoms with Gasteiger partial charge >= 0.3 is 0 Å². The molecule has 0 aliphatic carbocycles. The Morgan fingerprint density at radius 1 is 1.21 bits per heavy atom. The molecule has 106 valence electrons. The maximum Gasteiger partial charge on any atom is 0.0585 e. The molecule has 2 atom stereocenters. The summed E-state index contributed by atoms with van der Waals surface area (Å²) in [7, 11) is 0. The minimum atomic E-state index is 0.224. The lowest BCUT2D eigenvalue weighted by Crippen LogP contribution is -2.47. The topological polar surface area (TPSA) is 35.2 Å². The third-order valence-corrected chi connectivity index (χ3v) is 4.54. The van der Waals surface area contributed by atoms with E-state index in [4.69, 9.17) is 10.5 Å². The van der Waals surface area contributed by atoms with Gasteiger partial charge in [-0.1, -0.05) is 38.1 Å². The molecule has 19 heavy (non-hydrogen) atoms. The van der Waals surface area contributed by atoms with Gasteiger partial charge in [-0.3, -0.25) is 0 Å². The van der Waals surface area contributed by atoms with Crippen molar-refractivity contribution in [1.82, 2.24) is 0 Å². The quantitative estimate of drug-likeness (QED) is 0.849. The van der Waals surface area contributed by atoms with E-state index in [9.17, 15) is 0 Å². The van der Waals surface area contributed by atoms with Crippen LogP contribution in [0.1, 0.15) is 57.1 Å². The molecule has 1 fully saturated rings. The van der Waals surface area contributed by atoms with Crippen molar-refractivity contribution in [1.29, 1.82) is 0 Å². The van der Waals surface area contributed by atoms with Gasteiger partial charge < -0.3 is 10.5 Å². The van der Waals surface area contributed by atoms with Crippen LogP contribution in [0.4, 0.5) is 0 Å². The van der Waals surface area contributed by atoms with E-state index in [1.165, 1.54) is 17.5 Å². The fraction of sp³-hybridized carbons (Fsp3) is 0.647. The molecule has 0 amide bonds. The molecule has 1 aromatic carbocycles. The molecule has 2 unspecified atom stereocenters. The summed E-state index contributed by atoms with van der Waals surface area (Å²) in [5.41, 5.74) is 8.98. The fourth-order valence-corrected chi connectivity index (χ4v) is 2.71. The van der Waals surface area contributed by atoms with Gasteiger partial charge in [-0.2, -0.15) is 0 Å². The first-order chi connectivity index (χ1) is 9.07. The van der Waals surface area contributed by atoms with Crippen molar-refractivity contribution in [2.45, 2.75) is 57.4 Å². The highest BCUT2D eigenvalue weighted by Gasteiger charge is 2.39. The smallest absolute Gasteiger partial charge is 0.0585 e. The van der Waals surface area contributed by atoms with Crippen LogP contribution in [-0.4, -0.2) is 19.3 Å². The van der Waals surface area contributed by atoms with Crippen molar-refractivity contribution in [3.63, 3.8) is 0 Å². The van der Waals surface area contributed by atoms with Crippen molar-refractivity contribution < 1.29 is 4.74 Å². The van der Waals surface area contributed by atoms with Gasteiger partial charge in [0.2, 0.25) is 0 Å². The van der Waals surface area contributed by atoms with Crippen LogP contribution in [0.5, 0.6) is 0 Å². The van der Waals surface area contributed by atoms with Crippen molar-refractivity contribution in [2.75, 3.05) is 13.2 Å². The van der Waals surface area contributed by atoms with Crippen LogP contribution >= 0.6 is 0 Å². The zero-order valence-corrected chi connectivity index (χ0v) is 12.5. The Kier molecular flexibility index (Phi) is 4.64. The van der Waals surface area contributed by atoms with E-state index in [-0.39, 0.29) is 11.5 Å². The molecule has 2 heteroatoms. The predicted octanol–water partition coefficient (Wildman–Crippen LogP) is 3.60. The second-order valence-corrected chi connectivity index (χ2v) is 6.22. The highest BCUT2D eigenvalue weighted by atomic mass is 16.5. The molecule has 2 nitrogen and oxygen atoms in total. The van der Waals surface area contributed by atoms with E-state index in [2.05, 4.69) is 45.0 Å². The summed E-state index contributed by atoms with van der Waals surface area (Å²) >= 11 is 0. The summed E-state index contributed by atoms with van der Waals surface area (Å²) < 4.78 is 5.48. The highest BCUT2D eigenvalue weighted by molar-refractivity contribution is 5.32. The molecule has 1 aromatic rings. The van der Waals surface area contributed by atoms with Gasteiger partial charge in [0.1, 0.15) is 0 Å². The Balaban J connectivity index is 2.10. The van der Waals surface area contributed by atoms with E-state index in [1.54, 1.807) is 0 Å². The van der Waals surface area contributed by atoms with Gasteiger partial charge in [0.05, 0.1) is 13.2 Å². The molecular weight excluding hydrogens is 234 g/mol.